The second-order valence-electron chi connectivity index (χ2n) is 3.44. The summed E-state index contributed by atoms with van der Waals surface area (Å²) in [6.45, 7) is 1.94. The monoisotopic (exact) mass is 214 g/mol. The van der Waals surface area contributed by atoms with E-state index >= 15 is 0 Å². The van der Waals surface area contributed by atoms with Crippen molar-refractivity contribution in [2.24, 2.45) is 7.05 Å². The molecule has 86 valence electrons. The highest BCUT2D eigenvalue weighted by molar-refractivity contribution is 4.94. The number of aliphatic hydroxyl groups excluding tert-OH is 1. The smallest absolute Gasteiger partial charge is 0.0853 e. The largest absolute Gasteiger partial charge is 0.391 e. The molecule has 15 heavy (non-hydrogen) atoms. The number of aromatic nitrogens is 3. The van der Waals surface area contributed by atoms with Crippen LogP contribution >= 0.6 is 0 Å². The van der Waals surface area contributed by atoms with Gasteiger partial charge in [-0.05, 0) is 0 Å². The van der Waals surface area contributed by atoms with Crippen molar-refractivity contribution in [1.82, 2.24) is 20.3 Å². The van der Waals surface area contributed by atoms with E-state index in [0.29, 0.717) is 19.6 Å². The van der Waals surface area contributed by atoms with Crippen LogP contribution in [0.3, 0.4) is 0 Å². The average molecular weight is 214 g/mol. The Labute approximate surface area is 89.2 Å². The maximum atomic E-state index is 9.63. The number of hydrogen-bond acceptors (Lipinski definition) is 5. The van der Waals surface area contributed by atoms with Crippen LogP contribution in [0.4, 0.5) is 0 Å². The van der Waals surface area contributed by atoms with Gasteiger partial charge in [0.05, 0.1) is 18.4 Å². The van der Waals surface area contributed by atoms with Gasteiger partial charge in [0.1, 0.15) is 0 Å². The molecule has 0 spiro atoms. The molecule has 0 saturated carbocycles. The summed E-state index contributed by atoms with van der Waals surface area (Å²) in [6, 6.07) is 0. The lowest BCUT2D eigenvalue weighted by Crippen LogP contribution is -2.30. The Morgan fingerprint density at radius 2 is 2.47 bits per heavy atom. The highest BCUT2D eigenvalue weighted by Gasteiger charge is 2.07. The maximum Gasteiger partial charge on any atom is 0.0853 e. The van der Waals surface area contributed by atoms with Crippen molar-refractivity contribution in [2.75, 3.05) is 26.8 Å². The Morgan fingerprint density at radius 1 is 1.67 bits per heavy atom. The number of methoxy groups -OCH3 is 1. The van der Waals surface area contributed by atoms with Gasteiger partial charge in [-0.1, -0.05) is 5.21 Å². The van der Waals surface area contributed by atoms with Gasteiger partial charge in [0.2, 0.25) is 0 Å². The zero-order valence-electron chi connectivity index (χ0n) is 9.18. The number of ether oxygens (including phenoxy) is 1. The Bertz CT molecular complexity index is 277. The Kier molecular flexibility index (Phi) is 5.23. The third kappa shape index (κ3) is 4.87. The van der Waals surface area contributed by atoms with Crippen LogP contribution in [0.25, 0.3) is 0 Å². The van der Waals surface area contributed by atoms with Crippen LogP contribution in [0.5, 0.6) is 0 Å². The molecule has 6 nitrogen and oxygen atoms in total. The minimum Gasteiger partial charge on any atom is -0.391 e. The van der Waals surface area contributed by atoms with Gasteiger partial charge < -0.3 is 15.2 Å². The molecule has 1 rings (SSSR count). The van der Waals surface area contributed by atoms with E-state index in [4.69, 9.17) is 4.74 Å². The Balaban J connectivity index is 2.15. The highest BCUT2D eigenvalue weighted by Crippen LogP contribution is 1.96. The van der Waals surface area contributed by atoms with E-state index in [1.54, 1.807) is 25.0 Å². The molecule has 0 saturated heterocycles. The molecule has 0 aromatic carbocycles. The van der Waals surface area contributed by atoms with Crippen LogP contribution in [0.1, 0.15) is 5.69 Å². The first-order chi connectivity index (χ1) is 7.22. The van der Waals surface area contributed by atoms with Gasteiger partial charge in [-0.15, -0.1) is 5.10 Å². The normalized spacial score (nSPS) is 13.0. The highest BCUT2D eigenvalue weighted by atomic mass is 16.5. The van der Waals surface area contributed by atoms with E-state index in [9.17, 15) is 5.11 Å². The standard InChI is InChI=1S/C9H18N4O2/c1-13-7-8(11-12-13)5-9(14)6-10-3-4-15-2/h7,9-10,14H,3-6H2,1-2H3. The average Bonchev–Trinajstić information content (AvgIpc) is 2.59. The zero-order valence-corrected chi connectivity index (χ0v) is 9.18. The van der Waals surface area contributed by atoms with Gasteiger partial charge in [0.25, 0.3) is 0 Å². The summed E-state index contributed by atoms with van der Waals surface area (Å²) in [5, 5.41) is 20.4. The molecule has 0 fully saturated rings. The van der Waals surface area contributed by atoms with Crippen LogP contribution in [0.15, 0.2) is 6.20 Å². The van der Waals surface area contributed by atoms with Gasteiger partial charge in [-0.2, -0.15) is 0 Å². The third-order valence-electron chi connectivity index (χ3n) is 1.96. The van der Waals surface area contributed by atoms with E-state index in [2.05, 4.69) is 15.6 Å². The predicted molar refractivity (Wildman–Crippen MR) is 55.5 cm³/mol. The van der Waals surface area contributed by atoms with Crippen LogP contribution in [-0.2, 0) is 18.2 Å². The van der Waals surface area contributed by atoms with Gasteiger partial charge in [-0.3, -0.25) is 4.68 Å². The fourth-order valence-corrected chi connectivity index (χ4v) is 1.25. The molecule has 1 unspecified atom stereocenters. The SMILES string of the molecule is COCCNCC(O)Cc1cn(C)nn1. The van der Waals surface area contributed by atoms with Crippen molar-refractivity contribution in [3.8, 4) is 0 Å². The molecule has 0 aliphatic rings. The van der Waals surface area contributed by atoms with Crippen LogP contribution in [0, 0.1) is 0 Å². The molecule has 1 heterocycles. The number of hydrogen-bond donors (Lipinski definition) is 2. The minimum atomic E-state index is -0.432. The van der Waals surface area contributed by atoms with Gasteiger partial charge in [0.15, 0.2) is 0 Å². The summed E-state index contributed by atoms with van der Waals surface area (Å²) in [5.74, 6) is 0. The van der Waals surface area contributed by atoms with E-state index in [1.165, 1.54) is 0 Å². The molecule has 0 aliphatic heterocycles. The molecule has 1 aromatic heterocycles. The lowest BCUT2D eigenvalue weighted by atomic mass is 10.2. The van der Waals surface area contributed by atoms with Crippen LogP contribution in [-0.4, -0.2) is 53.0 Å². The van der Waals surface area contributed by atoms with Gasteiger partial charge >= 0.3 is 0 Å². The number of nitrogens with zero attached hydrogens (tertiary/aromatic N) is 3. The van der Waals surface area contributed by atoms with Gasteiger partial charge in [-0.25, -0.2) is 0 Å². The molecule has 0 bridgehead atoms. The first-order valence-electron chi connectivity index (χ1n) is 4.95. The number of nitrogens with one attached hydrogen (secondary N) is 1. The van der Waals surface area contributed by atoms with Crippen LogP contribution in [0.2, 0.25) is 0 Å². The topological polar surface area (TPSA) is 72.2 Å². The fourth-order valence-electron chi connectivity index (χ4n) is 1.25. The molecule has 0 radical (unpaired) electrons. The van der Waals surface area contributed by atoms with Crippen molar-refractivity contribution >= 4 is 0 Å². The second kappa shape index (κ2) is 6.49. The predicted octanol–water partition coefficient (Wildman–Crippen LogP) is -1.05. The van der Waals surface area contributed by atoms with Crippen molar-refractivity contribution in [1.29, 1.82) is 0 Å². The molecule has 6 heteroatoms. The lowest BCUT2D eigenvalue weighted by Gasteiger charge is -2.09. The zero-order chi connectivity index (χ0) is 11.1. The van der Waals surface area contributed by atoms with Crippen molar-refractivity contribution in [3.05, 3.63) is 11.9 Å². The van der Waals surface area contributed by atoms with Gasteiger partial charge in [0, 0.05) is 39.9 Å². The molecule has 2 N–H and O–H groups in total. The summed E-state index contributed by atoms with van der Waals surface area (Å²) in [6.07, 6.45) is 1.89. The Morgan fingerprint density at radius 3 is 3.07 bits per heavy atom. The second-order valence-corrected chi connectivity index (χ2v) is 3.44. The third-order valence-corrected chi connectivity index (χ3v) is 1.96. The molecular weight excluding hydrogens is 196 g/mol. The quantitative estimate of drug-likeness (QED) is 0.567. The fraction of sp³-hybridized carbons (Fsp3) is 0.778. The van der Waals surface area contributed by atoms with Crippen LogP contribution < -0.4 is 5.32 Å². The van der Waals surface area contributed by atoms with E-state index in [1.807, 2.05) is 0 Å². The number of rotatable bonds is 7. The summed E-state index contributed by atoms with van der Waals surface area (Å²) in [4.78, 5) is 0. The molecule has 0 aliphatic carbocycles. The summed E-state index contributed by atoms with van der Waals surface area (Å²) >= 11 is 0. The Hall–Kier alpha value is -0.980. The first-order valence-corrected chi connectivity index (χ1v) is 4.95. The molecular formula is C9H18N4O2. The van der Waals surface area contributed by atoms with E-state index in [0.717, 1.165) is 12.2 Å². The van der Waals surface area contributed by atoms with E-state index < -0.39 is 6.10 Å². The van der Waals surface area contributed by atoms with Crippen molar-refractivity contribution in [3.63, 3.8) is 0 Å². The maximum absolute atomic E-state index is 9.63. The summed E-state index contributed by atoms with van der Waals surface area (Å²) < 4.78 is 6.50. The summed E-state index contributed by atoms with van der Waals surface area (Å²) in [5.41, 5.74) is 0.804. The first kappa shape index (κ1) is 12.1. The summed E-state index contributed by atoms with van der Waals surface area (Å²) in [7, 11) is 3.46. The molecule has 1 aromatic rings. The minimum absolute atomic E-state index is 0.432. The van der Waals surface area contributed by atoms with E-state index in [-0.39, 0.29) is 0 Å². The number of aliphatic hydroxyl groups is 1. The number of aryl methyl sites for hydroxylation is 1. The lowest BCUT2D eigenvalue weighted by molar-refractivity contribution is 0.159. The molecule has 1 atom stereocenters. The molecule has 0 amide bonds. The van der Waals surface area contributed by atoms with Crippen molar-refractivity contribution < 1.29 is 9.84 Å². The van der Waals surface area contributed by atoms with Crippen molar-refractivity contribution in [2.45, 2.75) is 12.5 Å².